The molecule has 1 aliphatic rings. The van der Waals surface area contributed by atoms with E-state index < -0.39 is 0 Å². The Balaban J connectivity index is 2.35. The molecule has 1 N–H and O–H groups in total. The lowest BCUT2D eigenvalue weighted by Gasteiger charge is -2.17. The molecule has 1 nitrogen and oxygen atoms in total. The van der Waals surface area contributed by atoms with Crippen molar-refractivity contribution < 1.29 is 0 Å². The molecule has 0 bridgehead atoms. The Labute approximate surface area is 97.0 Å². The van der Waals surface area contributed by atoms with E-state index in [1.807, 2.05) is 12.5 Å². The largest absolute Gasteiger partial charge is 0.387 e. The maximum Gasteiger partial charge on any atom is 0.0472 e. The van der Waals surface area contributed by atoms with Crippen molar-refractivity contribution in [2.45, 2.75) is 25.7 Å². The van der Waals surface area contributed by atoms with Gasteiger partial charge in [0.15, 0.2) is 0 Å². The molecule has 0 atom stereocenters. The van der Waals surface area contributed by atoms with Crippen LogP contribution in [0, 0.1) is 0 Å². The summed E-state index contributed by atoms with van der Waals surface area (Å²) < 4.78 is 0. The molecule has 0 fully saturated rings. The number of fused-ring (bicyclic) bond motifs is 1. The molecule has 80 valence electrons. The van der Waals surface area contributed by atoms with Crippen LogP contribution in [0.4, 0.5) is 0 Å². The van der Waals surface area contributed by atoms with Crippen LogP contribution in [0.15, 0.2) is 23.6 Å². The van der Waals surface area contributed by atoms with Crippen LogP contribution in [-0.4, -0.2) is 7.05 Å². The van der Waals surface area contributed by atoms with E-state index >= 15 is 0 Å². The predicted molar refractivity (Wildman–Crippen MR) is 69.1 cm³/mol. The van der Waals surface area contributed by atoms with Crippen LogP contribution >= 0.6 is 12.6 Å². The Kier molecular flexibility index (Phi) is 3.37. The third-order valence-electron chi connectivity index (χ3n) is 3.06. The van der Waals surface area contributed by atoms with E-state index in [0.717, 1.165) is 5.70 Å². The fourth-order valence-corrected chi connectivity index (χ4v) is 2.46. The molecule has 2 rings (SSSR count). The zero-order valence-electron chi connectivity index (χ0n) is 9.09. The highest BCUT2D eigenvalue weighted by Crippen LogP contribution is 2.24. The molecule has 0 radical (unpaired) electrons. The molecule has 0 saturated heterocycles. The first-order valence-electron chi connectivity index (χ1n) is 5.49. The Hall–Kier alpha value is -0.890. The molecule has 0 unspecified atom stereocenters. The topological polar surface area (TPSA) is 12.0 Å². The first-order valence-corrected chi connectivity index (χ1v) is 6.01. The summed E-state index contributed by atoms with van der Waals surface area (Å²) in [6, 6.07) is 6.74. The van der Waals surface area contributed by atoms with E-state index in [1.165, 1.54) is 42.4 Å². The molecule has 1 aliphatic carbocycles. The van der Waals surface area contributed by atoms with Crippen LogP contribution < -0.4 is 5.32 Å². The number of benzene rings is 1. The second-order valence-electron chi connectivity index (χ2n) is 3.98. The van der Waals surface area contributed by atoms with Gasteiger partial charge in [-0.25, -0.2) is 0 Å². The van der Waals surface area contributed by atoms with Gasteiger partial charge in [0, 0.05) is 12.7 Å². The molecule has 0 saturated carbocycles. The Morgan fingerprint density at radius 1 is 1.27 bits per heavy atom. The minimum Gasteiger partial charge on any atom is -0.387 e. The SMILES string of the molecule is CN/C(=C\S)c1ccc2c(c1)CCCC2. The van der Waals surface area contributed by atoms with Gasteiger partial charge in [-0.2, -0.15) is 0 Å². The summed E-state index contributed by atoms with van der Waals surface area (Å²) in [7, 11) is 1.93. The average Bonchev–Trinajstić information content (AvgIpc) is 2.30. The zero-order valence-corrected chi connectivity index (χ0v) is 9.98. The minimum atomic E-state index is 1.09. The van der Waals surface area contributed by atoms with Crippen LogP contribution in [-0.2, 0) is 12.8 Å². The average molecular weight is 219 g/mol. The van der Waals surface area contributed by atoms with Crippen molar-refractivity contribution >= 4 is 18.3 Å². The molecule has 0 spiro atoms. The molecule has 0 amide bonds. The first-order chi connectivity index (χ1) is 7.35. The number of aryl methyl sites for hydroxylation is 2. The minimum absolute atomic E-state index is 1.09. The summed E-state index contributed by atoms with van der Waals surface area (Å²) in [6.07, 6.45) is 5.14. The Morgan fingerprint density at radius 2 is 2.00 bits per heavy atom. The fraction of sp³-hybridized carbons (Fsp3) is 0.385. The standard InChI is InChI=1S/C13H17NS/c1-14-13(9-15)12-7-6-10-4-2-3-5-11(10)8-12/h6-9,14-15H,2-5H2,1H3/b13-9-. The normalized spacial score (nSPS) is 16.0. The highest BCUT2D eigenvalue weighted by Gasteiger charge is 2.10. The molecule has 0 aliphatic heterocycles. The highest BCUT2D eigenvalue weighted by atomic mass is 32.1. The van der Waals surface area contributed by atoms with Gasteiger partial charge in [-0.15, -0.1) is 12.6 Å². The number of hydrogen-bond donors (Lipinski definition) is 2. The molecule has 2 heteroatoms. The molecule has 0 aromatic heterocycles. The Morgan fingerprint density at radius 3 is 2.67 bits per heavy atom. The summed E-state index contributed by atoms with van der Waals surface area (Å²) in [5.74, 6) is 0. The molecular weight excluding hydrogens is 202 g/mol. The number of thiol groups is 1. The maximum absolute atomic E-state index is 4.21. The van der Waals surface area contributed by atoms with E-state index in [1.54, 1.807) is 0 Å². The third kappa shape index (κ3) is 2.20. The van der Waals surface area contributed by atoms with Gasteiger partial charge in [-0.1, -0.05) is 12.1 Å². The first kappa shape index (κ1) is 10.6. The molecule has 1 aromatic rings. The predicted octanol–water partition coefficient (Wildman–Crippen LogP) is 3.01. The second-order valence-corrected chi connectivity index (χ2v) is 4.24. The van der Waals surface area contributed by atoms with Crippen LogP contribution in [0.5, 0.6) is 0 Å². The van der Waals surface area contributed by atoms with Crippen LogP contribution in [0.2, 0.25) is 0 Å². The van der Waals surface area contributed by atoms with E-state index in [-0.39, 0.29) is 0 Å². The summed E-state index contributed by atoms with van der Waals surface area (Å²) in [5, 5.41) is 4.98. The number of rotatable bonds is 2. The molecular formula is C13H17NS. The van der Waals surface area contributed by atoms with Crippen molar-refractivity contribution in [1.82, 2.24) is 5.32 Å². The molecule has 15 heavy (non-hydrogen) atoms. The van der Waals surface area contributed by atoms with Gasteiger partial charge in [-0.05, 0) is 53.8 Å². The monoisotopic (exact) mass is 219 g/mol. The van der Waals surface area contributed by atoms with Crippen LogP contribution in [0.1, 0.15) is 29.5 Å². The van der Waals surface area contributed by atoms with E-state index in [2.05, 4.69) is 36.1 Å². The van der Waals surface area contributed by atoms with Crippen LogP contribution in [0.3, 0.4) is 0 Å². The maximum atomic E-state index is 4.21. The smallest absolute Gasteiger partial charge is 0.0472 e. The molecule has 1 aromatic carbocycles. The van der Waals surface area contributed by atoms with Gasteiger partial charge >= 0.3 is 0 Å². The van der Waals surface area contributed by atoms with E-state index in [0.29, 0.717) is 0 Å². The summed E-state index contributed by atoms with van der Waals surface area (Å²) in [5.41, 5.74) is 5.38. The number of hydrogen-bond acceptors (Lipinski definition) is 2. The van der Waals surface area contributed by atoms with Crippen molar-refractivity contribution in [3.05, 3.63) is 40.3 Å². The van der Waals surface area contributed by atoms with Gasteiger partial charge in [-0.3, -0.25) is 0 Å². The van der Waals surface area contributed by atoms with E-state index in [9.17, 15) is 0 Å². The van der Waals surface area contributed by atoms with Gasteiger partial charge < -0.3 is 5.32 Å². The number of nitrogens with one attached hydrogen (secondary N) is 1. The van der Waals surface area contributed by atoms with Gasteiger partial charge in [0.25, 0.3) is 0 Å². The van der Waals surface area contributed by atoms with E-state index in [4.69, 9.17) is 0 Å². The summed E-state index contributed by atoms with van der Waals surface area (Å²) in [4.78, 5) is 0. The lowest BCUT2D eigenvalue weighted by atomic mass is 9.90. The fourth-order valence-electron chi connectivity index (χ4n) is 2.18. The highest BCUT2D eigenvalue weighted by molar-refractivity contribution is 7.83. The van der Waals surface area contributed by atoms with Crippen molar-refractivity contribution in [2.75, 3.05) is 7.05 Å². The van der Waals surface area contributed by atoms with Gasteiger partial charge in [0.05, 0.1) is 0 Å². The van der Waals surface area contributed by atoms with Gasteiger partial charge in [0.1, 0.15) is 0 Å². The van der Waals surface area contributed by atoms with Crippen molar-refractivity contribution in [3.63, 3.8) is 0 Å². The van der Waals surface area contributed by atoms with Crippen molar-refractivity contribution in [1.29, 1.82) is 0 Å². The Bertz CT molecular complexity index is 382. The van der Waals surface area contributed by atoms with Crippen molar-refractivity contribution in [3.8, 4) is 0 Å². The van der Waals surface area contributed by atoms with Crippen molar-refractivity contribution in [2.24, 2.45) is 0 Å². The lowest BCUT2D eigenvalue weighted by Crippen LogP contribution is -2.07. The molecule has 0 heterocycles. The summed E-state index contributed by atoms with van der Waals surface area (Å²) in [6.45, 7) is 0. The lowest BCUT2D eigenvalue weighted by molar-refractivity contribution is 0.685. The zero-order chi connectivity index (χ0) is 10.7. The van der Waals surface area contributed by atoms with Gasteiger partial charge in [0.2, 0.25) is 0 Å². The summed E-state index contributed by atoms with van der Waals surface area (Å²) >= 11 is 4.21. The quantitative estimate of drug-likeness (QED) is 0.729. The second kappa shape index (κ2) is 4.75. The third-order valence-corrected chi connectivity index (χ3v) is 3.32. The van der Waals surface area contributed by atoms with Crippen LogP contribution in [0.25, 0.3) is 5.70 Å².